The Morgan fingerprint density at radius 3 is 2.41 bits per heavy atom. The Morgan fingerprint density at radius 2 is 1.85 bits per heavy atom. The highest BCUT2D eigenvalue weighted by Crippen LogP contribution is 2.52. The Kier molecular flexibility index (Phi) is 9.49. The molecule has 2 aromatic rings. The summed E-state index contributed by atoms with van der Waals surface area (Å²) in [5, 5.41) is 22.2. The second kappa shape index (κ2) is 11.9. The van der Waals surface area contributed by atoms with Crippen molar-refractivity contribution >= 4 is 42.7 Å². The van der Waals surface area contributed by atoms with Crippen molar-refractivity contribution in [1.29, 1.82) is 5.41 Å². The summed E-state index contributed by atoms with van der Waals surface area (Å²) in [6, 6.07) is 13.2. The van der Waals surface area contributed by atoms with Gasteiger partial charge >= 0.3 is 12.1 Å². The predicted molar refractivity (Wildman–Crippen MR) is 130 cm³/mol. The summed E-state index contributed by atoms with van der Waals surface area (Å²) in [7, 11) is -4.29. The molecule has 184 valence electrons. The van der Waals surface area contributed by atoms with E-state index in [0.29, 0.717) is 5.69 Å². The molecule has 0 aliphatic carbocycles. The van der Waals surface area contributed by atoms with Crippen molar-refractivity contribution in [3.8, 4) is 0 Å². The van der Waals surface area contributed by atoms with Gasteiger partial charge in [0.25, 0.3) is 0 Å². The van der Waals surface area contributed by atoms with Crippen molar-refractivity contribution in [2.75, 3.05) is 11.5 Å². The molecule has 3 atom stereocenters. The molecule has 3 unspecified atom stereocenters. The third kappa shape index (κ3) is 7.76. The summed E-state index contributed by atoms with van der Waals surface area (Å²) in [6.45, 7) is 3.23. The molecule has 0 saturated carbocycles. The molecule has 0 spiro atoms. The van der Waals surface area contributed by atoms with Crippen LogP contribution in [0.3, 0.4) is 0 Å². The number of hydrogen-bond donors (Lipinski definition) is 6. The number of carboxylic acid groups (broad SMARTS) is 1. The van der Waals surface area contributed by atoms with E-state index in [4.69, 9.17) is 27.5 Å². The van der Waals surface area contributed by atoms with E-state index in [2.05, 4.69) is 10.6 Å². The average Bonchev–Trinajstić information content (AvgIpc) is 2.75. The lowest BCUT2D eigenvalue weighted by molar-refractivity contribution is -0.138. The Bertz CT molecular complexity index is 1080. The van der Waals surface area contributed by atoms with E-state index in [1.165, 1.54) is 18.2 Å². The smallest absolute Gasteiger partial charge is 0.408 e. The summed E-state index contributed by atoms with van der Waals surface area (Å²) in [6.07, 6.45) is -1.58. The molecular formula is C22H28ClN4O6P. The number of benzene rings is 2. The fourth-order valence-corrected chi connectivity index (χ4v) is 5.94. The third-order valence-corrected chi connectivity index (χ3v) is 7.76. The van der Waals surface area contributed by atoms with Crippen LogP contribution in [0.5, 0.6) is 0 Å². The van der Waals surface area contributed by atoms with Gasteiger partial charge in [-0.15, -0.1) is 0 Å². The van der Waals surface area contributed by atoms with Gasteiger partial charge in [0.05, 0.1) is 5.92 Å². The fourth-order valence-electron chi connectivity index (χ4n) is 3.35. The molecule has 0 radical (unpaired) electrons. The number of aliphatic carboxylic acids is 1. The Hall–Kier alpha value is -3.07. The SMILES string of the molecule is CC(C)C(NC(=O)OCc1ccccc1)P(=O)(O)CC(C(=O)O)c1cc(NC(=N)N)ccc1Cl. The first-order valence-corrected chi connectivity index (χ1v) is 12.6. The number of alkyl carbamates (subject to hydrolysis) is 1. The summed E-state index contributed by atoms with van der Waals surface area (Å²) >= 11 is 6.19. The highest BCUT2D eigenvalue weighted by atomic mass is 35.5. The van der Waals surface area contributed by atoms with Gasteiger partial charge in [-0.1, -0.05) is 55.8 Å². The van der Waals surface area contributed by atoms with Crippen LogP contribution in [-0.2, 0) is 20.7 Å². The van der Waals surface area contributed by atoms with Gasteiger partial charge in [-0.3, -0.25) is 14.8 Å². The topological polar surface area (TPSA) is 175 Å². The predicted octanol–water partition coefficient (Wildman–Crippen LogP) is 3.99. The third-order valence-electron chi connectivity index (χ3n) is 4.94. The number of carbonyl (C=O) groups excluding carboxylic acids is 1. The molecule has 12 heteroatoms. The van der Waals surface area contributed by atoms with Crippen molar-refractivity contribution in [2.45, 2.75) is 32.2 Å². The van der Waals surface area contributed by atoms with E-state index in [0.717, 1.165) is 5.56 Å². The molecule has 0 saturated heterocycles. The van der Waals surface area contributed by atoms with Gasteiger partial charge < -0.3 is 31.1 Å². The van der Waals surface area contributed by atoms with Crippen LogP contribution >= 0.6 is 19.0 Å². The second-order valence-corrected chi connectivity index (χ2v) is 10.8. The van der Waals surface area contributed by atoms with Gasteiger partial charge in [0.15, 0.2) is 5.96 Å². The molecule has 2 aromatic carbocycles. The van der Waals surface area contributed by atoms with E-state index >= 15 is 0 Å². The van der Waals surface area contributed by atoms with Crippen LogP contribution in [0.4, 0.5) is 10.5 Å². The molecule has 0 aliphatic rings. The molecule has 0 aliphatic heterocycles. The lowest BCUT2D eigenvalue weighted by Crippen LogP contribution is -2.40. The van der Waals surface area contributed by atoms with Crippen molar-refractivity contribution in [3.63, 3.8) is 0 Å². The molecular weight excluding hydrogens is 483 g/mol. The average molecular weight is 511 g/mol. The molecule has 1 amide bonds. The number of carboxylic acids is 1. The van der Waals surface area contributed by atoms with Gasteiger partial charge in [0.2, 0.25) is 7.37 Å². The number of nitrogens with one attached hydrogen (secondary N) is 3. The highest BCUT2D eigenvalue weighted by molar-refractivity contribution is 7.58. The standard InChI is InChI=1S/C22H28ClN4O6P/c1-13(2)19(27-22(30)33-11-14-6-4-3-5-7-14)34(31,32)12-17(20(28)29)16-10-15(26-21(24)25)8-9-18(16)23/h3-10,13,17,19H,11-12H2,1-2H3,(H,27,30)(H,28,29)(H,31,32)(H4,24,25,26). The summed E-state index contributed by atoms with van der Waals surface area (Å²) in [4.78, 5) is 35.2. The van der Waals surface area contributed by atoms with E-state index < -0.39 is 43.2 Å². The zero-order valence-electron chi connectivity index (χ0n) is 18.7. The highest BCUT2D eigenvalue weighted by Gasteiger charge is 2.40. The Morgan fingerprint density at radius 1 is 1.21 bits per heavy atom. The quantitative estimate of drug-likeness (QED) is 0.158. The van der Waals surface area contributed by atoms with E-state index in [9.17, 15) is 24.2 Å². The first kappa shape index (κ1) is 27.2. The van der Waals surface area contributed by atoms with Gasteiger partial charge in [-0.2, -0.15) is 0 Å². The molecule has 7 N–H and O–H groups in total. The van der Waals surface area contributed by atoms with Crippen LogP contribution in [0.25, 0.3) is 0 Å². The maximum Gasteiger partial charge on any atom is 0.408 e. The number of carbonyl (C=O) groups is 2. The van der Waals surface area contributed by atoms with E-state index in [1.807, 2.05) is 6.07 Å². The van der Waals surface area contributed by atoms with Crippen LogP contribution < -0.4 is 16.4 Å². The molecule has 2 rings (SSSR count). The summed E-state index contributed by atoms with van der Waals surface area (Å²) in [5.74, 6) is -4.96. The molecule has 10 nitrogen and oxygen atoms in total. The van der Waals surface area contributed by atoms with Crippen molar-refractivity contribution < 1.29 is 28.9 Å². The lowest BCUT2D eigenvalue weighted by atomic mass is 10.0. The summed E-state index contributed by atoms with van der Waals surface area (Å²) in [5.41, 5.74) is 6.43. The van der Waals surface area contributed by atoms with Crippen molar-refractivity contribution in [1.82, 2.24) is 5.32 Å². The minimum absolute atomic E-state index is 0.0312. The number of nitrogens with two attached hydrogens (primary N) is 1. The Labute approximate surface area is 202 Å². The summed E-state index contributed by atoms with van der Waals surface area (Å²) < 4.78 is 18.5. The zero-order chi connectivity index (χ0) is 25.5. The van der Waals surface area contributed by atoms with Gasteiger partial charge in [-0.05, 0) is 35.2 Å². The monoisotopic (exact) mass is 510 g/mol. The van der Waals surface area contributed by atoms with Crippen LogP contribution in [0, 0.1) is 11.3 Å². The molecule has 34 heavy (non-hydrogen) atoms. The van der Waals surface area contributed by atoms with Gasteiger partial charge in [0, 0.05) is 16.9 Å². The molecule has 0 heterocycles. The number of rotatable bonds is 10. The number of halogens is 1. The number of ether oxygens (including phenoxy) is 1. The lowest BCUT2D eigenvalue weighted by Gasteiger charge is -2.29. The van der Waals surface area contributed by atoms with Crippen molar-refractivity contribution in [2.24, 2.45) is 11.7 Å². The molecule has 0 fully saturated rings. The van der Waals surface area contributed by atoms with Crippen LogP contribution in [0.1, 0.15) is 30.9 Å². The van der Waals surface area contributed by atoms with Crippen LogP contribution in [0.2, 0.25) is 5.02 Å². The zero-order valence-corrected chi connectivity index (χ0v) is 20.3. The second-order valence-electron chi connectivity index (χ2n) is 8.00. The van der Waals surface area contributed by atoms with Crippen LogP contribution in [-0.4, -0.2) is 40.0 Å². The van der Waals surface area contributed by atoms with E-state index in [-0.39, 0.29) is 23.2 Å². The molecule has 0 bridgehead atoms. The van der Waals surface area contributed by atoms with Crippen LogP contribution in [0.15, 0.2) is 48.5 Å². The van der Waals surface area contributed by atoms with Gasteiger partial charge in [-0.25, -0.2) is 4.79 Å². The van der Waals surface area contributed by atoms with Gasteiger partial charge in [0.1, 0.15) is 12.4 Å². The maximum atomic E-state index is 13.3. The normalized spacial score (nSPS) is 14.5. The largest absolute Gasteiger partial charge is 0.481 e. The number of hydrogen-bond acceptors (Lipinski definition) is 5. The molecule has 0 aromatic heterocycles. The first-order valence-electron chi connectivity index (χ1n) is 10.3. The first-order chi connectivity index (χ1) is 15.9. The maximum absolute atomic E-state index is 13.3. The number of guanidine groups is 1. The van der Waals surface area contributed by atoms with E-state index in [1.54, 1.807) is 38.1 Å². The fraction of sp³-hybridized carbons (Fsp3) is 0.318. The Balaban J connectivity index is 2.22. The minimum Gasteiger partial charge on any atom is -0.481 e. The minimum atomic E-state index is -4.29. The number of anilines is 1. The number of amides is 1. The van der Waals surface area contributed by atoms with Crippen molar-refractivity contribution in [3.05, 3.63) is 64.7 Å².